The predicted octanol–water partition coefficient (Wildman–Crippen LogP) is -1.12. The summed E-state index contributed by atoms with van der Waals surface area (Å²) >= 11 is 22.2. The van der Waals surface area contributed by atoms with Crippen molar-refractivity contribution in [2.75, 3.05) is 0 Å². The zero-order chi connectivity index (χ0) is 11.2. The number of hydrogen-bond donors (Lipinski definition) is 2. The van der Waals surface area contributed by atoms with E-state index in [1.807, 2.05) is 0 Å². The van der Waals surface area contributed by atoms with Crippen LogP contribution >= 0.6 is 24.4 Å². The number of hydrogen-bond acceptors (Lipinski definition) is 8. The molecule has 4 N–H and O–H groups in total. The average molecular weight is 346 g/mol. The molecule has 0 aliphatic carbocycles. The van der Waals surface area contributed by atoms with Crippen LogP contribution in [-0.2, 0) is 69.8 Å². The Balaban J connectivity index is -0.0000000226. The molecule has 13 heavy (non-hydrogen) atoms. The molecule has 11 heteroatoms. The van der Waals surface area contributed by atoms with Gasteiger partial charge in [-0.15, -0.1) is 0 Å². The molecule has 0 saturated heterocycles. The van der Waals surface area contributed by atoms with Gasteiger partial charge in [0.15, 0.2) is 25.1 Å². The van der Waals surface area contributed by atoms with Crippen LogP contribution in [0.2, 0.25) is 0 Å². The molecule has 0 aliphatic rings. The monoisotopic (exact) mass is 344 g/mol. The van der Waals surface area contributed by atoms with Crippen LogP contribution in [0.15, 0.2) is 0 Å². The van der Waals surface area contributed by atoms with Crippen LogP contribution in [-0.4, -0.2) is 17.1 Å². The summed E-state index contributed by atoms with van der Waals surface area (Å²) in [5.74, 6) is 0. The van der Waals surface area contributed by atoms with E-state index in [-0.39, 0.29) is 28.1 Å². The van der Waals surface area contributed by atoms with Gasteiger partial charge in [-0.3, -0.25) is 0 Å². The maximum Gasteiger partial charge on any atom is 2.00 e. The second kappa shape index (κ2) is 38.4. The van der Waals surface area contributed by atoms with Crippen molar-refractivity contribution in [1.82, 2.24) is 0 Å². The van der Waals surface area contributed by atoms with Crippen LogP contribution in [0.25, 0.3) is 0 Å². The van der Waals surface area contributed by atoms with Crippen molar-refractivity contribution >= 4 is 83.4 Å². The molecule has 0 fully saturated rings. The molecule has 0 unspecified atom stereocenters. The second-order valence-corrected chi connectivity index (χ2v) is 2.91. The van der Waals surface area contributed by atoms with Gasteiger partial charge in [0.05, 0.1) is 0 Å². The van der Waals surface area contributed by atoms with E-state index in [0.29, 0.717) is 0 Å². The van der Waals surface area contributed by atoms with E-state index in [4.69, 9.17) is 8.42 Å². The molecular formula is C2H4N2O2S6Zn. The van der Waals surface area contributed by atoms with Gasteiger partial charge in [0.2, 0.25) is 0 Å². The van der Waals surface area contributed by atoms with Gasteiger partial charge >= 0.3 is 19.5 Å². The summed E-state index contributed by atoms with van der Waals surface area (Å²) in [6, 6.07) is 0. The van der Waals surface area contributed by atoms with Gasteiger partial charge in [0, 0.05) is 0 Å². The third-order valence-electron chi connectivity index (χ3n) is 0. The normalized spacial score (nSPS) is 4.31. The Hall–Kier alpha value is 0.883. The Morgan fingerprint density at radius 1 is 0.846 bits per heavy atom. The summed E-state index contributed by atoms with van der Waals surface area (Å²) in [5.41, 5.74) is 9.31. The fourth-order valence-electron chi connectivity index (χ4n) is 0. The fourth-order valence-corrected chi connectivity index (χ4v) is 0. The van der Waals surface area contributed by atoms with E-state index >= 15 is 0 Å². The molecule has 0 heterocycles. The quantitative estimate of drug-likeness (QED) is 0.320. The van der Waals surface area contributed by atoms with Crippen LogP contribution in [0.3, 0.4) is 0 Å². The smallest absolute Gasteiger partial charge is 0.415 e. The summed E-state index contributed by atoms with van der Waals surface area (Å²) in [4.78, 5) is 0. The van der Waals surface area contributed by atoms with Crippen molar-refractivity contribution in [3.05, 3.63) is 0 Å². The average Bonchev–Trinajstić information content (AvgIpc) is 1.93. The molecule has 0 saturated carbocycles. The Bertz CT molecular complexity index is 103. The largest absolute Gasteiger partial charge is 2.00 e. The number of rotatable bonds is 0. The zero-order valence-corrected chi connectivity index (χ0v) is 14.0. The van der Waals surface area contributed by atoms with Crippen molar-refractivity contribution in [3.63, 3.8) is 0 Å². The number of nitrogens with two attached hydrogens (primary N) is 2. The molecule has 0 aliphatic heterocycles. The minimum atomic E-state index is 0. The first-order chi connectivity index (χ1) is 5.46. The molecule has 0 bridgehead atoms. The molecule has 72 valence electrons. The maximum absolute atomic E-state index is 7.83. The maximum atomic E-state index is 7.83. The van der Waals surface area contributed by atoms with Gasteiger partial charge in [-0.1, -0.05) is 8.64 Å². The van der Waals surface area contributed by atoms with E-state index in [0.717, 1.165) is 0 Å². The first-order valence-electron chi connectivity index (χ1n) is 1.73. The minimum absolute atomic E-state index is 0. The SMILES string of the molecule is NC(=S)[S-].NC(=S)[S-].O=S.O=S.[Zn+2]. The molecule has 0 atom stereocenters. The molecule has 0 radical (unpaired) electrons. The van der Waals surface area contributed by atoms with Crippen LogP contribution in [0.5, 0.6) is 0 Å². The second-order valence-electron chi connectivity index (χ2n) is 0.638. The minimum Gasteiger partial charge on any atom is -0.415 e. The number of thiocarbonyl (C=S) groups is 2. The molecule has 0 aromatic heterocycles. The molecule has 0 aromatic carbocycles. The van der Waals surface area contributed by atoms with Gasteiger partial charge in [0.1, 0.15) is 0 Å². The summed E-state index contributed by atoms with van der Waals surface area (Å²) in [6.45, 7) is 0. The van der Waals surface area contributed by atoms with Crippen LogP contribution < -0.4 is 11.5 Å². The van der Waals surface area contributed by atoms with Crippen molar-refractivity contribution in [3.8, 4) is 0 Å². The van der Waals surface area contributed by atoms with Crippen molar-refractivity contribution in [1.29, 1.82) is 0 Å². The Morgan fingerprint density at radius 2 is 0.846 bits per heavy atom. The molecule has 0 spiro atoms. The summed E-state index contributed by atoms with van der Waals surface area (Å²) in [5, 5.41) is 0. The van der Waals surface area contributed by atoms with Gasteiger partial charge in [-0.2, -0.15) is 8.42 Å². The Morgan fingerprint density at radius 3 is 0.846 bits per heavy atom. The van der Waals surface area contributed by atoms with Gasteiger partial charge in [0.25, 0.3) is 0 Å². The van der Waals surface area contributed by atoms with E-state index in [2.05, 4.69) is 86.2 Å². The molecule has 0 amide bonds. The van der Waals surface area contributed by atoms with Gasteiger partial charge in [-0.05, 0) is 0 Å². The Kier molecular flexibility index (Phi) is 86.3. The van der Waals surface area contributed by atoms with Crippen LogP contribution in [0.4, 0.5) is 0 Å². The van der Waals surface area contributed by atoms with Gasteiger partial charge in [-0.25, -0.2) is 0 Å². The summed E-state index contributed by atoms with van der Waals surface area (Å²) < 4.78 is 15.8. The molecular weight excluding hydrogens is 342 g/mol. The summed E-state index contributed by atoms with van der Waals surface area (Å²) in [7, 11) is 0. The molecule has 0 rings (SSSR count). The first kappa shape index (κ1) is 29.2. The zero-order valence-electron chi connectivity index (χ0n) is 6.13. The van der Waals surface area contributed by atoms with E-state index in [9.17, 15) is 0 Å². The topological polar surface area (TPSA) is 86.2 Å². The van der Waals surface area contributed by atoms with E-state index in [1.54, 1.807) is 0 Å². The fraction of sp³-hybridized carbons (Fsp3) is 0. The third kappa shape index (κ3) is 1960. The van der Waals surface area contributed by atoms with Gasteiger partial charge < -0.3 is 61.2 Å². The third-order valence-corrected chi connectivity index (χ3v) is 0. The van der Waals surface area contributed by atoms with Crippen molar-refractivity contribution in [2.24, 2.45) is 11.5 Å². The molecule has 0 aromatic rings. The predicted molar refractivity (Wildman–Crippen MR) is 64.6 cm³/mol. The van der Waals surface area contributed by atoms with E-state index in [1.165, 1.54) is 0 Å². The summed E-state index contributed by atoms with van der Waals surface area (Å²) in [6.07, 6.45) is 0. The van der Waals surface area contributed by atoms with Crippen molar-refractivity contribution < 1.29 is 27.9 Å². The first-order valence-corrected chi connectivity index (χ1v) is 4.03. The van der Waals surface area contributed by atoms with E-state index < -0.39 is 0 Å². The standard InChI is InChI=1S/2CH3NS2.2OS.Zn/c2*2-1(3)4;2*1-2;/h2*(H3,2,3,4);;;/q;;;;+2/p-2. The van der Waals surface area contributed by atoms with Crippen molar-refractivity contribution in [2.45, 2.75) is 0 Å². The van der Waals surface area contributed by atoms with Crippen LogP contribution in [0.1, 0.15) is 0 Å². The Labute approximate surface area is 122 Å². The van der Waals surface area contributed by atoms with Crippen LogP contribution in [0, 0.1) is 0 Å². The molecule has 4 nitrogen and oxygen atoms in total.